The Labute approximate surface area is 154 Å². The van der Waals surface area contributed by atoms with Crippen LogP contribution in [-0.2, 0) is 15.8 Å². The van der Waals surface area contributed by atoms with E-state index < -0.39 is 19.8 Å². The zero-order valence-corrected chi connectivity index (χ0v) is 15.5. The fraction of sp³-hybridized carbons (Fsp3) is 0.222. The van der Waals surface area contributed by atoms with Gasteiger partial charge in [0.15, 0.2) is 0 Å². The van der Waals surface area contributed by atoms with Crippen molar-refractivity contribution in [3.05, 3.63) is 29.8 Å². The number of phosphoric acid groups is 1. The summed E-state index contributed by atoms with van der Waals surface area (Å²) in [4.78, 5) is 29.2. The van der Waals surface area contributed by atoms with E-state index in [9.17, 15) is 19.4 Å². The Morgan fingerprint density at radius 1 is 1.37 bits per heavy atom. The number of carbonyl (C=O) groups is 1. The van der Waals surface area contributed by atoms with Crippen LogP contribution in [-0.4, -0.2) is 16.9 Å². The second-order valence-electron chi connectivity index (χ2n) is 3.33. The number of aliphatic carboxylic acids is 1. The smallest absolute Gasteiger partial charge is 0.746 e. The number of carboxylic acid groups (broad SMARTS) is 1. The van der Waals surface area contributed by atoms with Crippen molar-refractivity contribution >= 4 is 13.8 Å². The molecule has 3 N–H and O–H groups in total. The molecule has 0 aliphatic rings. The molecule has 94 valence electrons. The van der Waals surface area contributed by atoms with Gasteiger partial charge in [0.2, 0.25) is 0 Å². The van der Waals surface area contributed by atoms with Crippen LogP contribution in [0.3, 0.4) is 0 Å². The second kappa shape index (κ2) is 9.52. The predicted molar refractivity (Wildman–Crippen MR) is 53.6 cm³/mol. The van der Waals surface area contributed by atoms with Crippen molar-refractivity contribution in [2.75, 3.05) is 0 Å². The molecule has 0 fully saturated rings. The number of benzene rings is 1. The summed E-state index contributed by atoms with van der Waals surface area (Å²) in [6, 6.07) is 4.29. The van der Waals surface area contributed by atoms with Gasteiger partial charge in [0.25, 0.3) is 0 Å². The van der Waals surface area contributed by atoms with Crippen LogP contribution < -0.4 is 79.4 Å². The Balaban J connectivity index is 0. The molecule has 0 aliphatic carbocycles. The molecule has 0 heterocycles. The largest absolute Gasteiger partial charge is 1.00 e. The molecule has 10 heteroatoms. The van der Waals surface area contributed by atoms with Crippen LogP contribution in [0.2, 0.25) is 0 Å². The maximum Gasteiger partial charge on any atom is 1.00 e. The minimum Gasteiger partial charge on any atom is -0.746 e. The molecule has 0 aliphatic heterocycles. The summed E-state index contributed by atoms with van der Waals surface area (Å²) in [5, 5.41) is 10.4. The van der Waals surface area contributed by atoms with Crippen LogP contribution >= 0.6 is 7.82 Å². The van der Waals surface area contributed by atoms with E-state index in [0.29, 0.717) is 5.56 Å². The summed E-state index contributed by atoms with van der Waals surface area (Å²) in [6.45, 7) is 0. The summed E-state index contributed by atoms with van der Waals surface area (Å²) < 4.78 is 14.6. The van der Waals surface area contributed by atoms with E-state index in [1.165, 1.54) is 24.3 Å². The average molecular weight is 305 g/mol. The zero-order valence-electron chi connectivity index (χ0n) is 10.6. The Kier molecular flexibility index (Phi) is 11.0. The normalized spacial score (nSPS) is 14.3. The summed E-state index contributed by atoms with van der Waals surface area (Å²) >= 11 is 0. The first-order valence-electron chi connectivity index (χ1n) is 4.57. The molecule has 0 amide bonds. The molecular weight excluding hydrogens is 295 g/mol. The van der Waals surface area contributed by atoms with Gasteiger partial charge in [-0.05, 0) is 24.1 Å². The molecular formula is C9H10NNa2O6P. The molecule has 19 heavy (non-hydrogen) atoms. The third-order valence-electron chi connectivity index (χ3n) is 1.90. The van der Waals surface area contributed by atoms with Gasteiger partial charge in [-0.2, -0.15) is 0 Å². The number of rotatable bonds is 5. The summed E-state index contributed by atoms with van der Waals surface area (Å²) in [6.07, 6.45) is 0.0524. The molecule has 0 spiro atoms. The van der Waals surface area contributed by atoms with Crippen molar-refractivity contribution in [1.29, 1.82) is 0 Å². The van der Waals surface area contributed by atoms with Crippen molar-refractivity contribution in [3.63, 3.8) is 0 Å². The molecule has 0 bridgehead atoms. The quantitative estimate of drug-likeness (QED) is 0.407. The van der Waals surface area contributed by atoms with E-state index in [-0.39, 0.29) is 71.3 Å². The van der Waals surface area contributed by atoms with Crippen LogP contribution in [0.25, 0.3) is 0 Å². The fourth-order valence-corrected chi connectivity index (χ4v) is 1.54. The molecule has 1 rings (SSSR count). The van der Waals surface area contributed by atoms with Crippen molar-refractivity contribution in [1.82, 2.24) is 0 Å². The van der Waals surface area contributed by atoms with Gasteiger partial charge in [-0.3, -0.25) is 4.57 Å². The monoisotopic (exact) mass is 305 g/mol. The number of phosphoric ester groups is 1. The molecule has 0 saturated heterocycles. The van der Waals surface area contributed by atoms with Gasteiger partial charge in [0, 0.05) is 6.04 Å². The van der Waals surface area contributed by atoms with Crippen LogP contribution in [0.5, 0.6) is 5.75 Å². The van der Waals surface area contributed by atoms with Crippen LogP contribution in [0.1, 0.15) is 5.56 Å². The maximum atomic E-state index is 10.4. The first kappa shape index (κ1) is 21.9. The first-order valence-corrected chi connectivity index (χ1v) is 6.06. The van der Waals surface area contributed by atoms with Gasteiger partial charge >= 0.3 is 66.9 Å². The minimum absolute atomic E-state index is 0. The average Bonchev–Trinajstić information content (AvgIpc) is 2.18. The molecule has 7 nitrogen and oxygen atoms in total. The van der Waals surface area contributed by atoms with Crippen molar-refractivity contribution in [2.24, 2.45) is 5.73 Å². The molecule has 1 aromatic rings. The molecule has 0 radical (unpaired) electrons. The predicted octanol–water partition coefficient (Wildman–Crippen LogP) is -7.85. The zero-order chi connectivity index (χ0) is 13.1. The number of carbonyl (C=O) groups excluding carboxylic acids is 1. The molecule has 0 saturated carbocycles. The van der Waals surface area contributed by atoms with Crippen LogP contribution in [0.15, 0.2) is 24.3 Å². The molecule has 1 unspecified atom stereocenters. The van der Waals surface area contributed by atoms with E-state index in [4.69, 9.17) is 10.6 Å². The van der Waals surface area contributed by atoms with Gasteiger partial charge in [-0.1, -0.05) is 12.1 Å². The van der Waals surface area contributed by atoms with Gasteiger partial charge in [-0.15, -0.1) is 0 Å². The Morgan fingerprint density at radius 3 is 2.21 bits per heavy atom. The summed E-state index contributed by atoms with van der Waals surface area (Å²) in [5.41, 5.74) is 5.84. The van der Waals surface area contributed by atoms with E-state index >= 15 is 0 Å². The van der Waals surface area contributed by atoms with Gasteiger partial charge in [0.05, 0.1) is 5.97 Å². The van der Waals surface area contributed by atoms with Crippen LogP contribution in [0.4, 0.5) is 0 Å². The fourth-order valence-electron chi connectivity index (χ4n) is 1.16. The Hall–Kier alpha value is 0.600. The second-order valence-corrected chi connectivity index (χ2v) is 4.45. The van der Waals surface area contributed by atoms with Gasteiger partial charge in [0.1, 0.15) is 5.75 Å². The van der Waals surface area contributed by atoms with E-state index in [1.807, 2.05) is 0 Å². The first-order chi connectivity index (χ1) is 7.78. The summed E-state index contributed by atoms with van der Waals surface area (Å²) in [5.74, 6) is -1.44. The van der Waals surface area contributed by atoms with E-state index in [0.717, 1.165) is 0 Å². The third kappa shape index (κ3) is 9.20. The van der Waals surface area contributed by atoms with Crippen molar-refractivity contribution in [3.8, 4) is 5.75 Å². The maximum absolute atomic E-state index is 10.4. The van der Waals surface area contributed by atoms with E-state index in [1.54, 1.807) is 0 Å². The van der Waals surface area contributed by atoms with Gasteiger partial charge in [-0.25, -0.2) is 0 Å². The SMILES string of the molecule is N[C@@H](Cc1ccc(OP(=O)([O-])O)cc1)C(=O)[O-].[Na+].[Na+]. The van der Waals surface area contributed by atoms with E-state index in [2.05, 4.69) is 4.52 Å². The Bertz CT molecular complexity index is 449. The number of hydrogen-bond donors (Lipinski definition) is 2. The molecule has 2 atom stereocenters. The third-order valence-corrected chi connectivity index (χ3v) is 2.34. The molecule has 0 aromatic heterocycles. The minimum atomic E-state index is -4.82. The molecule has 1 aromatic carbocycles. The van der Waals surface area contributed by atoms with Crippen molar-refractivity contribution in [2.45, 2.75) is 12.5 Å². The van der Waals surface area contributed by atoms with Crippen molar-refractivity contribution < 1.29 is 87.9 Å². The Morgan fingerprint density at radius 2 is 1.84 bits per heavy atom. The number of nitrogens with two attached hydrogens (primary N) is 1. The van der Waals surface area contributed by atoms with Crippen LogP contribution in [0, 0.1) is 0 Å². The standard InChI is InChI=1S/C9H12NO6P.2Na/c10-8(9(11)12)5-6-1-3-7(4-2-6)16-17(13,14)15;;/h1-4,8H,5,10H2,(H,11,12)(H2,13,14,15);;/q;2*+1/p-2/t8-;;/m0../s1. The number of carboxylic acids is 1. The number of hydrogen-bond acceptors (Lipinski definition) is 6. The van der Waals surface area contributed by atoms with Gasteiger partial charge < -0.3 is 29.9 Å². The topological polar surface area (TPSA) is 136 Å². The summed E-state index contributed by atoms with van der Waals surface area (Å²) in [7, 11) is -4.82.